The predicted octanol–water partition coefficient (Wildman–Crippen LogP) is 2.97. The quantitative estimate of drug-likeness (QED) is 0.715. The standard InChI is InChI=1S/C18H22BN/c1-14-16-12-8-9-13-17(16)19(20(14)18(2,3)4)15-10-6-5-7-11-15/h5-14H,1-4H3/t14-/m1/s1. The van der Waals surface area contributed by atoms with E-state index in [9.17, 15) is 0 Å². The molecule has 102 valence electrons. The minimum absolute atomic E-state index is 0.138. The zero-order valence-electron chi connectivity index (χ0n) is 12.8. The molecule has 0 saturated carbocycles. The van der Waals surface area contributed by atoms with Crippen molar-refractivity contribution in [3.8, 4) is 0 Å². The van der Waals surface area contributed by atoms with Crippen molar-refractivity contribution < 1.29 is 0 Å². The second-order valence-electron chi connectivity index (χ2n) is 6.70. The second kappa shape index (κ2) is 4.78. The van der Waals surface area contributed by atoms with E-state index in [2.05, 4.69) is 87.1 Å². The van der Waals surface area contributed by atoms with Crippen LogP contribution in [0.2, 0.25) is 0 Å². The summed E-state index contributed by atoms with van der Waals surface area (Å²) in [5.41, 5.74) is 4.45. The molecule has 0 aliphatic carbocycles. The van der Waals surface area contributed by atoms with Crippen molar-refractivity contribution in [2.45, 2.75) is 39.3 Å². The monoisotopic (exact) mass is 263 g/mol. The van der Waals surface area contributed by atoms with E-state index < -0.39 is 0 Å². The molecule has 3 rings (SSSR count). The van der Waals surface area contributed by atoms with Crippen LogP contribution >= 0.6 is 0 Å². The van der Waals surface area contributed by atoms with Gasteiger partial charge in [-0.25, -0.2) is 0 Å². The molecular weight excluding hydrogens is 241 g/mol. The van der Waals surface area contributed by atoms with Crippen molar-refractivity contribution in [2.24, 2.45) is 0 Å². The maximum Gasteiger partial charge on any atom is 0.293 e. The number of fused-ring (bicyclic) bond motifs is 1. The van der Waals surface area contributed by atoms with Crippen LogP contribution in [0.4, 0.5) is 0 Å². The summed E-state index contributed by atoms with van der Waals surface area (Å²) in [4.78, 5) is 2.63. The number of rotatable bonds is 1. The molecule has 0 N–H and O–H groups in total. The highest BCUT2D eigenvalue weighted by Gasteiger charge is 2.44. The van der Waals surface area contributed by atoms with Crippen LogP contribution in [0.3, 0.4) is 0 Å². The maximum absolute atomic E-state index is 2.63. The van der Waals surface area contributed by atoms with E-state index >= 15 is 0 Å². The Labute approximate surface area is 122 Å². The first kappa shape index (κ1) is 13.4. The second-order valence-corrected chi connectivity index (χ2v) is 6.70. The molecule has 20 heavy (non-hydrogen) atoms. The van der Waals surface area contributed by atoms with Crippen molar-refractivity contribution in [1.29, 1.82) is 0 Å². The van der Waals surface area contributed by atoms with Gasteiger partial charge in [-0.1, -0.05) is 65.5 Å². The van der Waals surface area contributed by atoms with Gasteiger partial charge in [-0.3, -0.25) is 0 Å². The molecule has 1 atom stereocenters. The van der Waals surface area contributed by atoms with E-state index in [4.69, 9.17) is 0 Å². The molecule has 2 aromatic carbocycles. The highest BCUT2D eigenvalue weighted by Crippen LogP contribution is 2.33. The van der Waals surface area contributed by atoms with Crippen LogP contribution in [0, 0.1) is 0 Å². The Morgan fingerprint density at radius 1 is 0.900 bits per heavy atom. The summed E-state index contributed by atoms with van der Waals surface area (Å²) in [5.74, 6) is 0. The molecule has 0 bridgehead atoms. The van der Waals surface area contributed by atoms with Gasteiger partial charge in [0.1, 0.15) is 0 Å². The Kier molecular flexibility index (Phi) is 3.22. The first-order valence-corrected chi connectivity index (χ1v) is 7.42. The molecule has 1 nitrogen and oxygen atoms in total. The van der Waals surface area contributed by atoms with E-state index in [1.54, 1.807) is 0 Å². The Morgan fingerprint density at radius 3 is 2.15 bits per heavy atom. The van der Waals surface area contributed by atoms with Crippen LogP contribution in [0.25, 0.3) is 0 Å². The Morgan fingerprint density at radius 2 is 1.50 bits per heavy atom. The van der Waals surface area contributed by atoms with E-state index in [1.807, 2.05) is 0 Å². The van der Waals surface area contributed by atoms with Gasteiger partial charge in [-0.05, 0) is 33.3 Å². The van der Waals surface area contributed by atoms with E-state index in [1.165, 1.54) is 16.5 Å². The third-order valence-corrected chi connectivity index (χ3v) is 4.33. The summed E-state index contributed by atoms with van der Waals surface area (Å²) < 4.78 is 0. The lowest BCUT2D eigenvalue weighted by atomic mass is 9.49. The highest BCUT2D eigenvalue weighted by molar-refractivity contribution is 6.84. The first-order valence-electron chi connectivity index (χ1n) is 7.42. The average molecular weight is 263 g/mol. The highest BCUT2D eigenvalue weighted by atomic mass is 15.2. The molecule has 1 heterocycles. The van der Waals surface area contributed by atoms with Crippen molar-refractivity contribution in [3.63, 3.8) is 0 Å². The molecule has 1 aliphatic heterocycles. The van der Waals surface area contributed by atoms with Gasteiger partial charge in [0, 0.05) is 11.6 Å². The van der Waals surface area contributed by atoms with Crippen molar-refractivity contribution in [3.05, 3.63) is 60.2 Å². The third-order valence-electron chi connectivity index (χ3n) is 4.33. The average Bonchev–Trinajstić information content (AvgIpc) is 2.74. The van der Waals surface area contributed by atoms with Crippen LogP contribution in [-0.4, -0.2) is 17.2 Å². The number of hydrogen-bond donors (Lipinski definition) is 0. The molecule has 0 fully saturated rings. The molecule has 0 unspecified atom stereocenters. The van der Waals surface area contributed by atoms with Crippen molar-refractivity contribution in [1.82, 2.24) is 4.81 Å². The van der Waals surface area contributed by atoms with Crippen LogP contribution in [0.1, 0.15) is 39.3 Å². The molecule has 1 aliphatic rings. The topological polar surface area (TPSA) is 3.24 Å². The zero-order valence-corrected chi connectivity index (χ0v) is 12.8. The lowest BCUT2D eigenvalue weighted by Crippen LogP contribution is -2.58. The maximum atomic E-state index is 2.63. The predicted molar refractivity (Wildman–Crippen MR) is 87.9 cm³/mol. The Bertz CT molecular complexity index is 600. The zero-order chi connectivity index (χ0) is 14.3. The normalized spacial score (nSPS) is 19.2. The molecule has 0 saturated heterocycles. The number of hydrogen-bond acceptors (Lipinski definition) is 1. The molecule has 0 aromatic heterocycles. The number of benzene rings is 2. The van der Waals surface area contributed by atoms with Gasteiger partial charge >= 0.3 is 0 Å². The Balaban J connectivity index is 2.17. The minimum atomic E-state index is 0.138. The van der Waals surface area contributed by atoms with Gasteiger partial charge in [0.05, 0.1) is 0 Å². The van der Waals surface area contributed by atoms with Gasteiger partial charge < -0.3 is 4.81 Å². The SMILES string of the molecule is C[C@@H]1c2ccccc2B(c2ccccc2)N1C(C)(C)C. The molecule has 0 amide bonds. The van der Waals surface area contributed by atoms with Crippen LogP contribution < -0.4 is 10.9 Å². The van der Waals surface area contributed by atoms with Crippen LogP contribution in [0.5, 0.6) is 0 Å². The molecule has 0 radical (unpaired) electrons. The van der Waals surface area contributed by atoms with Crippen LogP contribution in [-0.2, 0) is 0 Å². The summed E-state index contributed by atoms with van der Waals surface area (Å²) in [6.07, 6.45) is 0. The lowest BCUT2D eigenvalue weighted by molar-refractivity contribution is 0.209. The van der Waals surface area contributed by atoms with Gasteiger partial charge in [0.25, 0.3) is 6.85 Å². The van der Waals surface area contributed by atoms with E-state index in [0.29, 0.717) is 12.9 Å². The molecule has 2 aromatic rings. The van der Waals surface area contributed by atoms with E-state index in [0.717, 1.165) is 0 Å². The van der Waals surface area contributed by atoms with Crippen LogP contribution in [0.15, 0.2) is 54.6 Å². The number of nitrogens with zero attached hydrogens (tertiary/aromatic N) is 1. The fraction of sp³-hybridized carbons (Fsp3) is 0.333. The largest absolute Gasteiger partial charge is 0.323 e. The van der Waals surface area contributed by atoms with Gasteiger partial charge in [0.2, 0.25) is 0 Å². The fourth-order valence-corrected chi connectivity index (χ4v) is 3.61. The van der Waals surface area contributed by atoms with E-state index in [-0.39, 0.29) is 5.54 Å². The summed E-state index contributed by atoms with van der Waals surface area (Å²) in [7, 11) is 0. The first-order chi connectivity index (χ1) is 9.50. The smallest absolute Gasteiger partial charge is 0.293 e. The fourth-order valence-electron chi connectivity index (χ4n) is 3.61. The third kappa shape index (κ3) is 2.08. The summed E-state index contributed by atoms with van der Waals surface area (Å²) >= 11 is 0. The van der Waals surface area contributed by atoms with Gasteiger partial charge in [-0.2, -0.15) is 0 Å². The molecule has 2 heteroatoms. The summed E-state index contributed by atoms with van der Waals surface area (Å²) in [5, 5.41) is 0. The Hall–Kier alpha value is -1.54. The minimum Gasteiger partial charge on any atom is -0.323 e. The molecular formula is C18H22BN. The lowest BCUT2D eigenvalue weighted by Gasteiger charge is -2.40. The summed E-state index contributed by atoms with van der Waals surface area (Å²) in [6.45, 7) is 9.62. The van der Waals surface area contributed by atoms with Crippen molar-refractivity contribution >= 4 is 17.8 Å². The van der Waals surface area contributed by atoms with Crippen molar-refractivity contribution in [2.75, 3.05) is 0 Å². The summed E-state index contributed by atoms with van der Waals surface area (Å²) in [6, 6.07) is 20.2. The van der Waals surface area contributed by atoms with Gasteiger partial charge in [0.15, 0.2) is 0 Å². The van der Waals surface area contributed by atoms with Gasteiger partial charge in [-0.15, -0.1) is 0 Å². The molecule has 0 spiro atoms.